The van der Waals surface area contributed by atoms with Crippen LogP contribution in [0.1, 0.15) is 32.8 Å². The Morgan fingerprint density at radius 3 is 2.60 bits per heavy atom. The van der Waals surface area contributed by atoms with Gasteiger partial charge in [-0.25, -0.2) is 4.39 Å². The van der Waals surface area contributed by atoms with Crippen molar-refractivity contribution in [3.8, 4) is 0 Å². The van der Waals surface area contributed by atoms with E-state index in [-0.39, 0.29) is 5.82 Å². The zero-order valence-electron chi connectivity index (χ0n) is 9.97. The molecule has 0 aliphatic rings. The molecule has 1 rings (SSSR count). The van der Waals surface area contributed by atoms with E-state index in [0.29, 0.717) is 17.6 Å². The highest BCUT2D eigenvalue weighted by Gasteiger charge is 2.11. The van der Waals surface area contributed by atoms with Crippen LogP contribution in [-0.4, -0.2) is 6.04 Å². The standard InChI is InChI=1S/C13H20FN/c1-5-10(3)11(4)15-13-8-9(2)6-7-12(13)14/h6-8,10-11,15H,5H2,1-4H3. The molecule has 1 nitrogen and oxygen atoms in total. The summed E-state index contributed by atoms with van der Waals surface area (Å²) >= 11 is 0. The summed E-state index contributed by atoms with van der Waals surface area (Å²) in [5, 5.41) is 3.23. The molecule has 0 saturated carbocycles. The minimum Gasteiger partial charge on any atom is -0.380 e. The van der Waals surface area contributed by atoms with E-state index in [4.69, 9.17) is 0 Å². The van der Waals surface area contributed by atoms with Gasteiger partial charge in [0.05, 0.1) is 5.69 Å². The van der Waals surface area contributed by atoms with Crippen LogP contribution < -0.4 is 5.32 Å². The van der Waals surface area contributed by atoms with Crippen LogP contribution in [0.5, 0.6) is 0 Å². The quantitative estimate of drug-likeness (QED) is 0.791. The summed E-state index contributed by atoms with van der Waals surface area (Å²) in [5.74, 6) is 0.376. The van der Waals surface area contributed by atoms with Crippen molar-refractivity contribution < 1.29 is 4.39 Å². The van der Waals surface area contributed by atoms with Gasteiger partial charge < -0.3 is 5.32 Å². The van der Waals surface area contributed by atoms with Crippen molar-refractivity contribution in [2.75, 3.05) is 5.32 Å². The largest absolute Gasteiger partial charge is 0.380 e. The number of rotatable bonds is 4. The number of hydrogen-bond donors (Lipinski definition) is 1. The third-order valence-corrected chi connectivity index (χ3v) is 3.00. The van der Waals surface area contributed by atoms with Gasteiger partial charge in [0.1, 0.15) is 5.82 Å². The van der Waals surface area contributed by atoms with Crippen molar-refractivity contribution in [1.29, 1.82) is 0 Å². The lowest BCUT2D eigenvalue weighted by Gasteiger charge is -2.21. The van der Waals surface area contributed by atoms with Crippen molar-refractivity contribution in [2.24, 2.45) is 5.92 Å². The normalized spacial score (nSPS) is 14.7. The lowest BCUT2D eigenvalue weighted by Crippen LogP contribution is -2.23. The Bertz CT molecular complexity index is 322. The van der Waals surface area contributed by atoms with Gasteiger partial charge in [-0.3, -0.25) is 0 Å². The Morgan fingerprint density at radius 2 is 2.00 bits per heavy atom. The number of benzene rings is 1. The van der Waals surface area contributed by atoms with Crippen LogP contribution in [-0.2, 0) is 0 Å². The average molecular weight is 209 g/mol. The van der Waals surface area contributed by atoms with Gasteiger partial charge in [0.25, 0.3) is 0 Å². The molecular formula is C13H20FN. The van der Waals surface area contributed by atoms with Gasteiger partial charge in [0, 0.05) is 6.04 Å². The Morgan fingerprint density at radius 1 is 1.33 bits per heavy atom. The molecule has 1 N–H and O–H groups in total. The van der Waals surface area contributed by atoms with Crippen molar-refractivity contribution in [3.05, 3.63) is 29.6 Å². The maximum Gasteiger partial charge on any atom is 0.146 e. The topological polar surface area (TPSA) is 12.0 Å². The van der Waals surface area contributed by atoms with Crippen molar-refractivity contribution in [2.45, 2.75) is 40.2 Å². The van der Waals surface area contributed by atoms with E-state index < -0.39 is 0 Å². The monoisotopic (exact) mass is 209 g/mol. The number of aryl methyl sites for hydroxylation is 1. The molecular weight excluding hydrogens is 189 g/mol. The van der Waals surface area contributed by atoms with E-state index in [2.05, 4.69) is 26.1 Å². The predicted molar refractivity (Wildman–Crippen MR) is 63.7 cm³/mol. The molecule has 2 unspecified atom stereocenters. The van der Waals surface area contributed by atoms with Gasteiger partial charge in [-0.15, -0.1) is 0 Å². The summed E-state index contributed by atoms with van der Waals surface area (Å²) in [6.45, 7) is 8.38. The summed E-state index contributed by atoms with van der Waals surface area (Å²) in [4.78, 5) is 0. The Kier molecular flexibility index (Phi) is 4.13. The fourth-order valence-electron chi connectivity index (χ4n) is 1.49. The highest BCUT2D eigenvalue weighted by molar-refractivity contribution is 5.47. The van der Waals surface area contributed by atoms with E-state index in [1.54, 1.807) is 6.07 Å². The van der Waals surface area contributed by atoms with Gasteiger partial charge in [-0.2, -0.15) is 0 Å². The fourth-order valence-corrected chi connectivity index (χ4v) is 1.49. The number of hydrogen-bond acceptors (Lipinski definition) is 1. The van der Waals surface area contributed by atoms with Gasteiger partial charge in [-0.05, 0) is 37.5 Å². The first-order valence-electron chi connectivity index (χ1n) is 5.57. The van der Waals surface area contributed by atoms with E-state index >= 15 is 0 Å². The molecule has 1 aromatic carbocycles. The third-order valence-electron chi connectivity index (χ3n) is 3.00. The second-order valence-electron chi connectivity index (χ2n) is 4.30. The average Bonchev–Trinajstić information content (AvgIpc) is 2.22. The molecule has 0 spiro atoms. The third kappa shape index (κ3) is 3.22. The molecule has 2 atom stereocenters. The second-order valence-corrected chi connectivity index (χ2v) is 4.30. The molecule has 2 heteroatoms. The molecule has 1 aromatic rings. The Labute approximate surface area is 91.7 Å². The van der Waals surface area contributed by atoms with Crippen molar-refractivity contribution >= 4 is 5.69 Å². The molecule has 0 aromatic heterocycles. The number of anilines is 1. The maximum atomic E-state index is 13.4. The fraction of sp³-hybridized carbons (Fsp3) is 0.538. The SMILES string of the molecule is CCC(C)C(C)Nc1cc(C)ccc1F. The lowest BCUT2D eigenvalue weighted by atomic mass is 10.0. The van der Waals surface area contributed by atoms with Crippen LogP contribution in [0.3, 0.4) is 0 Å². The van der Waals surface area contributed by atoms with Crippen LogP contribution >= 0.6 is 0 Å². The van der Waals surface area contributed by atoms with Crippen LogP contribution in [0.4, 0.5) is 10.1 Å². The van der Waals surface area contributed by atoms with Crippen molar-refractivity contribution in [1.82, 2.24) is 0 Å². The van der Waals surface area contributed by atoms with Gasteiger partial charge in [0.15, 0.2) is 0 Å². The molecule has 0 heterocycles. The first-order valence-corrected chi connectivity index (χ1v) is 5.57. The van der Waals surface area contributed by atoms with Gasteiger partial charge in [-0.1, -0.05) is 26.3 Å². The lowest BCUT2D eigenvalue weighted by molar-refractivity contribution is 0.491. The molecule has 0 saturated heterocycles. The first-order chi connectivity index (χ1) is 7.04. The zero-order valence-corrected chi connectivity index (χ0v) is 9.97. The summed E-state index contributed by atoms with van der Waals surface area (Å²) in [6.07, 6.45) is 1.10. The molecule has 84 valence electrons. The summed E-state index contributed by atoms with van der Waals surface area (Å²) in [6, 6.07) is 5.45. The van der Waals surface area contributed by atoms with Crippen LogP contribution in [0.15, 0.2) is 18.2 Å². The van der Waals surface area contributed by atoms with Crippen LogP contribution in [0.2, 0.25) is 0 Å². The Hall–Kier alpha value is -1.05. The molecule has 0 aliphatic carbocycles. The number of halogens is 1. The van der Waals surface area contributed by atoms with Crippen LogP contribution in [0, 0.1) is 18.7 Å². The van der Waals surface area contributed by atoms with Crippen LogP contribution in [0.25, 0.3) is 0 Å². The maximum absolute atomic E-state index is 13.4. The highest BCUT2D eigenvalue weighted by Crippen LogP contribution is 2.19. The highest BCUT2D eigenvalue weighted by atomic mass is 19.1. The molecule has 15 heavy (non-hydrogen) atoms. The molecule has 0 aliphatic heterocycles. The smallest absolute Gasteiger partial charge is 0.146 e. The van der Waals surface area contributed by atoms with Gasteiger partial charge in [0.2, 0.25) is 0 Å². The van der Waals surface area contributed by atoms with Gasteiger partial charge >= 0.3 is 0 Å². The van der Waals surface area contributed by atoms with E-state index in [1.807, 2.05) is 13.0 Å². The summed E-state index contributed by atoms with van der Waals surface area (Å²) in [7, 11) is 0. The molecule has 0 fully saturated rings. The molecule has 0 bridgehead atoms. The second kappa shape index (κ2) is 5.15. The predicted octanol–water partition coefficient (Wildman–Crippen LogP) is 3.98. The zero-order chi connectivity index (χ0) is 11.4. The molecule has 0 radical (unpaired) electrons. The number of nitrogens with one attached hydrogen (secondary N) is 1. The molecule has 0 amide bonds. The first kappa shape index (κ1) is 12.0. The van der Waals surface area contributed by atoms with E-state index in [9.17, 15) is 4.39 Å². The Balaban J connectivity index is 2.75. The summed E-state index contributed by atoms with van der Waals surface area (Å²) < 4.78 is 13.4. The summed E-state index contributed by atoms with van der Waals surface area (Å²) in [5.41, 5.74) is 1.69. The van der Waals surface area contributed by atoms with Crippen molar-refractivity contribution in [3.63, 3.8) is 0 Å². The minimum absolute atomic E-state index is 0.171. The minimum atomic E-state index is -0.171. The van der Waals surface area contributed by atoms with E-state index in [0.717, 1.165) is 12.0 Å². The van der Waals surface area contributed by atoms with E-state index in [1.165, 1.54) is 6.07 Å².